The molecule has 1 heterocycles. The van der Waals surface area contributed by atoms with Crippen molar-refractivity contribution in [2.24, 2.45) is 0 Å². The van der Waals surface area contributed by atoms with Gasteiger partial charge < -0.3 is 0 Å². The molecule has 1 aromatic carbocycles. The largest absolute Gasteiger partial charge is 0.253 e. The zero-order valence-corrected chi connectivity index (χ0v) is 9.08. The summed E-state index contributed by atoms with van der Waals surface area (Å²) in [4.78, 5) is 0.324. The van der Waals surface area contributed by atoms with Crippen molar-refractivity contribution in [1.82, 2.24) is 10.9 Å². The highest BCUT2D eigenvalue weighted by Gasteiger charge is 2.31. The summed E-state index contributed by atoms with van der Waals surface area (Å²) in [5, 5.41) is 0. The second-order valence-corrected chi connectivity index (χ2v) is 4.40. The van der Waals surface area contributed by atoms with E-state index in [9.17, 15) is 0 Å². The molecule has 3 atom stereocenters. The van der Waals surface area contributed by atoms with Gasteiger partial charge in [0.1, 0.15) is 0 Å². The summed E-state index contributed by atoms with van der Waals surface area (Å²) in [5.41, 5.74) is 7.78. The van der Waals surface area contributed by atoms with Crippen LogP contribution in [-0.2, 0) is 0 Å². The number of hydrazine groups is 1. The van der Waals surface area contributed by atoms with E-state index in [0.29, 0.717) is 16.9 Å². The Bertz CT molecular complexity index is 266. The fourth-order valence-corrected chi connectivity index (χ4v) is 2.67. The molecule has 2 nitrogen and oxygen atoms in total. The normalized spacial score (nSPS) is 33.5. The minimum Gasteiger partial charge on any atom is -0.253 e. The van der Waals surface area contributed by atoms with Crippen LogP contribution in [0.5, 0.6) is 0 Å². The van der Waals surface area contributed by atoms with E-state index in [1.54, 1.807) is 0 Å². The van der Waals surface area contributed by atoms with Crippen LogP contribution in [0.4, 0.5) is 0 Å². The first kappa shape index (κ1) is 9.19. The summed E-state index contributed by atoms with van der Waals surface area (Å²) in [6.07, 6.45) is 0. The van der Waals surface area contributed by atoms with Gasteiger partial charge in [0.05, 0.1) is 4.95 Å². The maximum Gasteiger partial charge on any atom is 0.0846 e. The lowest BCUT2D eigenvalue weighted by molar-refractivity contribution is 0.570. The average Bonchev–Trinajstić information content (AvgIpc) is 2.48. The summed E-state index contributed by atoms with van der Waals surface area (Å²) in [7, 11) is 0. The van der Waals surface area contributed by atoms with Crippen LogP contribution in [0.25, 0.3) is 0 Å². The monoisotopic (exact) mass is 240 g/mol. The molecule has 0 amide bonds. The molecule has 70 valence electrons. The van der Waals surface area contributed by atoms with Crippen LogP contribution in [0, 0.1) is 0 Å². The number of rotatable bonds is 1. The third-order valence-corrected chi connectivity index (χ3v) is 3.29. The zero-order valence-electron chi connectivity index (χ0n) is 7.50. The molecule has 1 aromatic rings. The number of hydrogen-bond acceptors (Lipinski definition) is 2. The summed E-state index contributed by atoms with van der Waals surface area (Å²) in [6.45, 7) is 2.19. The van der Waals surface area contributed by atoms with Crippen LogP contribution in [0.1, 0.15) is 18.4 Å². The molecule has 2 rings (SSSR count). The van der Waals surface area contributed by atoms with Gasteiger partial charge in [-0.15, -0.1) is 0 Å². The number of nitrogens with one attached hydrogen (secondary N) is 2. The van der Waals surface area contributed by atoms with E-state index >= 15 is 0 Å². The van der Waals surface area contributed by atoms with Gasteiger partial charge in [-0.2, -0.15) is 0 Å². The standard InChI is InChI=1S/C10H13BrN2/c1-7-9(10(11)13-12-7)8-5-3-2-4-6-8/h2-7,9-10,12-13H,1H3. The fraction of sp³-hybridized carbons (Fsp3) is 0.400. The highest BCUT2D eigenvalue weighted by molar-refractivity contribution is 9.09. The molecule has 0 spiro atoms. The van der Waals surface area contributed by atoms with Gasteiger partial charge in [-0.1, -0.05) is 46.3 Å². The smallest absolute Gasteiger partial charge is 0.0846 e. The van der Waals surface area contributed by atoms with E-state index in [-0.39, 0.29) is 0 Å². The summed E-state index contributed by atoms with van der Waals surface area (Å²) < 4.78 is 0. The number of benzene rings is 1. The molecule has 13 heavy (non-hydrogen) atoms. The molecule has 1 aliphatic rings. The third-order valence-electron chi connectivity index (χ3n) is 2.49. The lowest BCUT2D eigenvalue weighted by Crippen LogP contribution is -2.29. The minimum absolute atomic E-state index is 0.324. The Morgan fingerprint density at radius 1 is 1.15 bits per heavy atom. The van der Waals surface area contributed by atoms with Crippen molar-refractivity contribution in [3.8, 4) is 0 Å². The third kappa shape index (κ3) is 1.77. The molecule has 0 bridgehead atoms. The van der Waals surface area contributed by atoms with Crippen LogP contribution in [0.15, 0.2) is 30.3 Å². The Balaban J connectivity index is 2.25. The van der Waals surface area contributed by atoms with Crippen molar-refractivity contribution in [2.75, 3.05) is 0 Å². The van der Waals surface area contributed by atoms with Crippen LogP contribution in [0.3, 0.4) is 0 Å². The summed E-state index contributed by atoms with van der Waals surface area (Å²) in [5.74, 6) is 0.501. The van der Waals surface area contributed by atoms with Gasteiger partial charge in [-0.3, -0.25) is 5.43 Å². The topological polar surface area (TPSA) is 24.1 Å². The van der Waals surface area contributed by atoms with Crippen molar-refractivity contribution < 1.29 is 0 Å². The lowest BCUT2D eigenvalue weighted by Gasteiger charge is -2.16. The predicted octanol–water partition coefficient (Wildman–Crippen LogP) is 1.99. The molecule has 3 unspecified atom stereocenters. The predicted molar refractivity (Wildman–Crippen MR) is 57.6 cm³/mol. The summed E-state index contributed by atoms with van der Waals surface area (Å²) in [6, 6.07) is 11.0. The van der Waals surface area contributed by atoms with Gasteiger partial charge in [0.25, 0.3) is 0 Å². The molecular formula is C10H13BrN2. The Hall–Kier alpha value is -0.380. The molecule has 3 heteroatoms. The second kappa shape index (κ2) is 3.78. The van der Waals surface area contributed by atoms with E-state index in [2.05, 4.69) is 58.0 Å². The van der Waals surface area contributed by atoms with Crippen LogP contribution in [0.2, 0.25) is 0 Å². The zero-order chi connectivity index (χ0) is 9.26. The first-order valence-corrected chi connectivity index (χ1v) is 5.40. The van der Waals surface area contributed by atoms with Crippen LogP contribution in [-0.4, -0.2) is 11.0 Å². The maximum absolute atomic E-state index is 3.61. The SMILES string of the molecule is CC1NNC(Br)C1c1ccccc1. The number of alkyl halides is 1. The van der Waals surface area contributed by atoms with E-state index in [0.717, 1.165) is 0 Å². The second-order valence-electron chi connectivity index (χ2n) is 3.42. The first-order valence-electron chi connectivity index (χ1n) is 4.49. The van der Waals surface area contributed by atoms with Crippen molar-refractivity contribution in [3.63, 3.8) is 0 Å². The highest BCUT2D eigenvalue weighted by Crippen LogP contribution is 2.29. The van der Waals surface area contributed by atoms with Gasteiger partial charge in [-0.25, -0.2) is 5.43 Å². The Labute approximate surface area is 86.8 Å². The first-order chi connectivity index (χ1) is 6.29. The highest BCUT2D eigenvalue weighted by atomic mass is 79.9. The van der Waals surface area contributed by atoms with Crippen molar-refractivity contribution in [3.05, 3.63) is 35.9 Å². The van der Waals surface area contributed by atoms with E-state index in [1.165, 1.54) is 5.56 Å². The van der Waals surface area contributed by atoms with E-state index < -0.39 is 0 Å². The lowest BCUT2D eigenvalue weighted by atomic mass is 9.94. The molecule has 1 saturated heterocycles. The van der Waals surface area contributed by atoms with Crippen molar-refractivity contribution >= 4 is 15.9 Å². The average molecular weight is 241 g/mol. The van der Waals surface area contributed by atoms with Gasteiger partial charge in [-0.05, 0) is 12.5 Å². The molecule has 0 aromatic heterocycles. The molecule has 0 aliphatic carbocycles. The van der Waals surface area contributed by atoms with Crippen molar-refractivity contribution in [1.29, 1.82) is 0 Å². The van der Waals surface area contributed by atoms with E-state index in [1.807, 2.05) is 6.07 Å². The minimum atomic E-state index is 0.324. The summed E-state index contributed by atoms with van der Waals surface area (Å²) >= 11 is 3.61. The van der Waals surface area contributed by atoms with Crippen LogP contribution < -0.4 is 10.9 Å². The Kier molecular flexibility index (Phi) is 2.67. The van der Waals surface area contributed by atoms with Gasteiger partial charge in [0, 0.05) is 12.0 Å². The number of halogens is 1. The van der Waals surface area contributed by atoms with Crippen molar-refractivity contribution in [2.45, 2.75) is 23.8 Å². The Morgan fingerprint density at radius 3 is 2.38 bits per heavy atom. The van der Waals surface area contributed by atoms with E-state index in [4.69, 9.17) is 0 Å². The van der Waals surface area contributed by atoms with Gasteiger partial charge in [0.15, 0.2) is 0 Å². The fourth-order valence-electron chi connectivity index (χ4n) is 1.78. The van der Waals surface area contributed by atoms with Crippen LogP contribution >= 0.6 is 15.9 Å². The maximum atomic E-state index is 3.61. The Morgan fingerprint density at radius 2 is 1.85 bits per heavy atom. The van der Waals surface area contributed by atoms with Gasteiger partial charge in [0.2, 0.25) is 0 Å². The molecule has 1 aliphatic heterocycles. The molecule has 2 N–H and O–H groups in total. The molecule has 1 fully saturated rings. The van der Waals surface area contributed by atoms with Gasteiger partial charge >= 0.3 is 0 Å². The number of hydrogen-bond donors (Lipinski definition) is 2. The molecular weight excluding hydrogens is 228 g/mol. The molecule has 0 saturated carbocycles. The molecule has 0 radical (unpaired) electrons. The quantitative estimate of drug-likeness (QED) is 0.580.